The van der Waals surface area contributed by atoms with Crippen LogP contribution in [0.2, 0.25) is 0 Å². The quantitative estimate of drug-likeness (QED) is 0.459. The molecule has 9 nitrogen and oxygen atoms in total. The lowest BCUT2D eigenvalue weighted by molar-refractivity contribution is 0.101. The molecule has 2 amide bonds. The highest BCUT2D eigenvalue weighted by Crippen LogP contribution is 2.23. The second-order valence-corrected chi connectivity index (χ2v) is 7.37. The summed E-state index contributed by atoms with van der Waals surface area (Å²) in [6.45, 7) is 1.86. The monoisotopic (exact) mass is 425 g/mol. The molecule has 32 heavy (non-hydrogen) atoms. The summed E-state index contributed by atoms with van der Waals surface area (Å²) in [4.78, 5) is 29.8. The lowest BCUT2D eigenvalue weighted by Gasteiger charge is -2.10. The van der Waals surface area contributed by atoms with Gasteiger partial charge < -0.3 is 10.6 Å². The number of carbonyl (C=O) groups is 2. The van der Waals surface area contributed by atoms with E-state index in [1.807, 2.05) is 31.2 Å². The van der Waals surface area contributed by atoms with Gasteiger partial charge in [0.15, 0.2) is 11.3 Å². The normalized spacial score (nSPS) is 11.1. The van der Waals surface area contributed by atoms with Gasteiger partial charge in [-0.05, 0) is 42.8 Å². The number of aromatic nitrogens is 5. The number of nitrogens with zero attached hydrogens (tertiary/aromatic N) is 5. The van der Waals surface area contributed by atoms with Crippen LogP contribution in [-0.4, -0.2) is 36.2 Å². The van der Waals surface area contributed by atoms with Crippen molar-refractivity contribution in [2.24, 2.45) is 7.05 Å². The summed E-state index contributed by atoms with van der Waals surface area (Å²) in [6, 6.07) is 14.6. The molecule has 3 heterocycles. The number of hydrogen-bond donors (Lipinski definition) is 2. The van der Waals surface area contributed by atoms with Gasteiger partial charge in [0.2, 0.25) is 0 Å². The Bertz CT molecular complexity index is 1500. The van der Waals surface area contributed by atoms with Crippen molar-refractivity contribution in [3.8, 4) is 0 Å². The number of anilines is 2. The van der Waals surface area contributed by atoms with Crippen LogP contribution in [0.15, 0.2) is 67.1 Å². The standard InChI is InChI=1S/C23H19N7O2/c1-14-12-15(26-23(32)20-16-6-3-4-7-19(16)29(2)28-20)8-9-18(14)27-22(31)17-13-25-30-11-5-10-24-21(17)30/h3-13H,1-2H3,(H,26,32)(H,27,31). The molecule has 0 unspecified atom stereocenters. The molecule has 0 aliphatic heterocycles. The Balaban J connectivity index is 1.35. The first-order valence-electron chi connectivity index (χ1n) is 9.95. The van der Waals surface area contributed by atoms with Crippen molar-refractivity contribution in [2.75, 3.05) is 10.6 Å². The van der Waals surface area contributed by atoms with Gasteiger partial charge in [0.25, 0.3) is 11.8 Å². The summed E-state index contributed by atoms with van der Waals surface area (Å²) in [6.07, 6.45) is 4.83. The number of benzene rings is 2. The molecule has 0 bridgehead atoms. The zero-order chi connectivity index (χ0) is 22.2. The molecule has 0 aliphatic carbocycles. The summed E-state index contributed by atoms with van der Waals surface area (Å²) in [7, 11) is 1.81. The fourth-order valence-corrected chi connectivity index (χ4v) is 3.63. The van der Waals surface area contributed by atoms with Gasteiger partial charge in [0.05, 0.1) is 11.7 Å². The molecule has 0 aliphatic rings. The van der Waals surface area contributed by atoms with E-state index >= 15 is 0 Å². The molecule has 0 radical (unpaired) electrons. The maximum Gasteiger partial charge on any atom is 0.276 e. The van der Waals surface area contributed by atoms with Crippen molar-refractivity contribution < 1.29 is 9.59 Å². The molecule has 2 N–H and O–H groups in total. The largest absolute Gasteiger partial charge is 0.322 e. The zero-order valence-corrected chi connectivity index (χ0v) is 17.4. The molecule has 5 rings (SSSR count). The van der Waals surface area contributed by atoms with Crippen molar-refractivity contribution in [1.29, 1.82) is 0 Å². The lowest BCUT2D eigenvalue weighted by atomic mass is 10.1. The topological polar surface area (TPSA) is 106 Å². The molecule has 0 saturated heterocycles. The van der Waals surface area contributed by atoms with E-state index in [2.05, 4.69) is 25.8 Å². The van der Waals surface area contributed by atoms with E-state index in [1.165, 1.54) is 6.20 Å². The van der Waals surface area contributed by atoms with Crippen LogP contribution < -0.4 is 10.6 Å². The molecule has 0 saturated carbocycles. The number of rotatable bonds is 4. The van der Waals surface area contributed by atoms with Crippen molar-refractivity contribution >= 4 is 39.7 Å². The SMILES string of the molecule is Cc1cc(NC(=O)c2nn(C)c3ccccc23)ccc1NC(=O)c1cnn2cccnc12. The van der Waals surface area contributed by atoms with E-state index in [-0.39, 0.29) is 11.8 Å². The van der Waals surface area contributed by atoms with Gasteiger partial charge >= 0.3 is 0 Å². The van der Waals surface area contributed by atoms with Gasteiger partial charge in [-0.2, -0.15) is 10.2 Å². The number of fused-ring (bicyclic) bond motifs is 2. The fraction of sp³-hybridized carbons (Fsp3) is 0.0870. The Hall–Kier alpha value is -4.53. The molecule has 0 atom stereocenters. The molecule has 2 aromatic carbocycles. The molecule has 3 aromatic heterocycles. The van der Waals surface area contributed by atoms with E-state index < -0.39 is 0 Å². The highest BCUT2D eigenvalue weighted by Gasteiger charge is 2.17. The van der Waals surface area contributed by atoms with Crippen molar-refractivity contribution in [3.63, 3.8) is 0 Å². The minimum atomic E-state index is -0.307. The van der Waals surface area contributed by atoms with Gasteiger partial charge in [-0.15, -0.1) is 0 Å². The number of amides is 2. The van der Waals surface area contributed by atoms with E-state index in [9.17, 15) is 9.59 Å². The predicted octanol–water partition coefficient (Wildman–Crippen LogP) is 3.43. The average molecular weight is 425 g/mol. The number of nitrogens with one attached hydrogen (secondary N) is 2. The van der Waals surface area contributed by atoms with Crippen LogP contribution in [0.25, 0.3) is 16.6 Å². The van der Waals surface area contributed by atoms with Crippen LogP contribution in [0.4, 0.5) is 11.4 Å². The summed E-state index contributed by atoms with van der Waals surface area (Å²) in [5.41, 5.74) is 4.14. The molecule has 9 heteroatoms. The van der Waals surface area contributed by atoms with Crippen LogP contribution in [0.1, 0.15) is 26.4 Å². The summed E-state index contributed by atoms with van der Waals surface area (Å²) in [5.74, 6) is -0.603. The maximum absolute atomic E-state index is 12.8. The fourth-order valence-electron chi connectivity index (χ4n) is 3.63. The predicted molar refractivity (Wildman–Crippen MR) is 121 cm³/mol. The molecule has 0 spiro atoms. The number of aryl methyl sites for hydroxylation is 2. The average Bonchev–Trinajstić information content (AvgIpc) is 3.37. The van der Waals surface area contributed by atoms with Gasteiger partial charge in [0.1, 0.15) is 5.56 Å². The molecule has 0 fully saturated rings. The van der Waals surface area contributed by atoms with Crippen LogP contribution in [0.3, 0.4) is 0 Å². The Morgan fingerprint density at radius 2 is 1.84 bits per heavy atom. The first kappa shape index (κ1) is 19.4. The van der Waals surface area contributed by atoms with Gasteiger partial charge in [-0.1, -0.05) is 18.2 Å². The van der Waals surface area contributed by atoms with Crippen LogP contribution in [0, 0.1) is 6.92 Å². The molecule has 5 aromatic rings. The minimum absolute atomic E-state index is 0.296. The Morgan fingerprint density at radius 3 is 2.69 bits per heavy atom. The molecule has 158 valence electrons. The van der Waals surface area contributed by atoms with Crippen LogP contribution in [0.5, 0.6) is 0 Å². The minimum Gasteiger partial charge on any atom is -0.322 e. The van der Waals surface area contributed by atoms with Crippen molar-refractivity contribution in [1.82, 2.24) is 24.4 Å². The third-order valence-electron chi connectivity index (χ3n) is 5.23. The van der Waals surface area contributed by atoms with Crippen molar-refractivity contribution in [2.45, 2.75) is 6.92 Å². The number of carbonyl (C=O) groups excluding carboxylic acids is 2. The van der Waals surface area contributed by atoms with Crippen LogP contribution in [-0.2, 0) is 7.05 Å². The van der Waals surface area contributed by atoms with Crippen molar-refractivity contribution in [3.05, 3.63) is 83.9 Å². The third-order valence-corrected chi connectivity index (χ3v) is 5.23. The third kappa shape index (κ3) is 3.35. The van der Waals surface area contributed by atoms with E-state index in [0.717, 1.165) is 16.5 Å². The number of para-hydroxylation sites is 1. The van der Waals surface area contributed by atoms with E-state index in [4.69, 9.17) is 0 Å². The smallest absolute Gasteiger partial charge is 0.276 e. The van der Waals surface area contributed by atoms with Gasteiger partial charge in [-0.25, -0.2) is 9.50 Å². The van der Waals surface area contributed by atoms with Crippen LogP contribution >= 0.6 is 0 Å². The first-order valence-corrected chi connectivity index (χ1v) is 9.95. The van der Waals surface area contributed by atoms with Gasteiger partial charge in [0, 0.05) is 36.2 Å². The second kappa shape index (κ2) is 7.62. The Morgan fingerprint density at radius 1 is 1.00 bits per heavy atom. The Labute approximate surface area is 182 Å². The molecular formula is C23H19N7O2. The summed E-state index contributed by atoms with van der Waals surface area (Å²) in [5, 5.41) is 15.1. The maximum atomic E-state index is 12.8. The Kier molecular flexibility index (Phi) is 4.63. The lowest BCUT2D eigenvalue weighted by Crippen LogP contribution is -2.15. The van der Waals surface area contributed by atoms with Gasteiger partial charge in [-0.3, -0.25) is 14.3 Å². The zero-order valence-electron chi connectivity index (χ0n) is 17.4. The summed E-state index contributed by atoms with van der Waals surface area (Å²) >= 11 is 0. The first-order chi connectivity index (χ1) is 15.5. The number of hydrogen-bond acceptors (Lipinski definition) is 5. The second-order valence-electron chi connectivity index (χ2n) is 7.37. The highest BCUT2D eigenvalue weighted by atomic mass is 16.2. The van der Waals surface area contributed by atoms with E-state index in [1.54, 1.807) is 52.9 Å². The summed E-state index contributed by atoms with van der Waals surface area (Å²) < 4.78 is 3.23. The van der Waals surface area contributed by atoms with E-state index in [0.29, 0.717) is 28.3 Å². The highest BCUT2D eigenvalue weighted by molar-refractivity contribution is 6.11. The molecular weight excluding hydrogens is 406 g/mol.